The number of hydrogen-bond donors (Lipinski definition) is 0. The third kappa shape index (κ3) is 0.997. The lowest BCUT2D eigenvalue weighted by atomic mass is 10.2. The summed E-state index contributed by atoms with van der Waals surface area (Å²) in [6.45, 7) is 1.98. The highest BCUT2D eigenvalue weighted by Crippen LogP contribution is 2.03. The first-order valence-electron chi connectivity index (χ1n) is 2.49. The van der Waals surface area contributed by atoms with E-state index < -0.39 is 0 Å². The minimum atomic E-state index is 0.454. The van der Waals surface area contributed by atoms with Crippen LogP contribution in [0.4, 0.5) is 5.69 Å². The Morgan fingerprint density at radius 1 is 1.50 bits per heavy atom. The molecule has 1 aromatic rings. The molecule has 0 aliphatic carbocycles. The molecule has 0 atom stereocenters. The van der Waals surface area contributed by atoms with E-state index in [2.05, 4.69) is 6.07 Å². The highest BCUT2D eigenvalue weighted by Gasteiger charge is 1.82. The van der Waals surface area contributed by atoms with Gasteiger partial charge < -0.3 is 5.73 Å². The van der Waals surface area contributed by atoms with Gasteiger partial charge in [-0.1, -0.05) is 11.6 Å². The van der Waals surface area contributed by atoms with Crippen molar-refractivity contribution >= 4 is 5.69 Å². The van der Waals surface area contributed by atoms with E-state index in [-0.39, 0.29) is 0 Å². The molecule has 0 aliphatic rings. The van der Waals surface area contributed by atoms with Crippen molar-refractivity contribution in [1.82, 2.24) is 5.73 Å². The summed E-state index contributed by atoms with van der Waals surface area (Å²) in [4.78, 5) is 0. The molecule has 1 N–H and O–H groups in total. The Bertz CT molecular complexity index is 143. The Hall–Kier alpha value is -0.980. The maximum Gasteiger partial charge on any atom is 0.0619 e. The lowest BCUT2D eigenvalue weighted by Gasteiger charge is -1.88. The third-order valence-electron chi connectivity index (χ3n) is 0.968. The Morgan fingerprint density at radius 3 is 2.62 bits per heavy atom. The average molecular weight is 105 g/mol. The lowest BCUT2D eigenvalue weighted by Crippen LogP contribution is -1.70. The van der Waals surface area contributed by atoms with Crippen LogP contribution < -0.4 is 5.73 Å². The predicted octanol–water partition coefficient (Wildman–Crippen LogP) is 1.71. The summed E-state index contributed by atoms with van der Waals surface area (Å²) >= 11 is 0. The molecule has 1 aromatic carbocycles. The highest BCUT2D eigenvalue weighted by atomic mass is 14.5. The van der Waals surface area contributed by atoms with Gasteiger partial charge in [-0.3, -0.25) is 0 Å². The van der Waals surface area contributed by atoms with E-state index in [9.17, 15) is 0 Å². The summed E-state index contributed by atoms with van der Waals surface area (Å²) in [5, 5.41) is 0. The van der Waals surface area contributed by atoms with Crippen molar-refractivity contribution in [2.75, 3.05) is 0 Å². The van der Waals surface area contributed by atoms with Crippen LogP contribution in [0.15, 0.2) is 18.2 Å². The van der Waals surface area contributed by atoms with Gasteiger partial charge in [-0.2, -0.15) is 0 Å². The quantitative estimate of drug-likeness (QED) is 0.479. The van der Waals surface area contributed by atoms with Gasteiger partial charge in [-0.15, -0.1) is 0 Å². The highest BCUT2D eigenvalue weighted by molar-refractivity contribution is 5.33. The summed E-state index contributed by atoms with van der Waals surface area (Å²) in [5.74, 6) is 0. The average Bonchev–Trinajstić information content (AvgIpc) is 1.77. The van der Waals surface area contributed by atoms with E-state index in [0.717, 1.165) is 5.56 Å². The number of aryl methyl sites for hydroxylation is 1. The molecule has 40 valence electrons. The second-order valence-corrected chi connectivity index (χ2v) is 1.78. The molecular formula is C7H7N. The Morgan fingerprint density at radius 2 is 2.25 bits per heavy atom. The van der Waals surface area contributed by atoms with Gasteiger partial charge in [-0.25, -0.2) is 0 Å². The summed E-state index contributed by atoms with van der Waals surface area (Å²) in [6, 6.07) is 8.21. The molecule has 0 unspecified atom stereocenters. The first kappa shape index (κ1) is 5.16. The monoisotopic (exact) mass is 105 g/mol. The Kier molecular flexibility index (Phi) is 1.20. The van der Waals surface area contributed by atoms with Crippen molar-refractivity contribution < 1.29 is 0 Å². The summed E-state index contributed by atoms with van der Waals surface area (Å²) < 4.78 is 0. The van der Waals surface area contributed by atoms with Crippen LogP contribution >= 0.6 is 0 Å². The number of hydrogen-bond acceptors (Lipinski definition) is 0. The van der Waals surface area contributed by atoms with Gasteiger partial charge in [0.1, 0.15) is 0 Å². The van der Waals surface area contributed by atoms with E-state index in [1.54, 1.807) is 6.07 Å². The van der Waals surface area contributed by atoms with E-state index >= 15 is 0 Å². The molecular weight excluding hydrogens is 98.1 g/mol. The summed E-state index contributed by atoms with van der Waals surface area (Å²) in [7, 11) is 0. The van der Waals surface area contributed by atoms with Gasteiger partial charge in [-0.05, 0) is 19.1 Å². The number of rotatable bonds is 0. The fourth-order valence-electron chi connectivity index (χ4n) is 0.503. The minimum Gasteiger partial charge on any atom is -0.300 e. The fourth-order valence-corrected chi connectivity index (χ4v) is 0.503. The van der Waals surface area contributed by atoms with Gasteiger partial charge in [0.05, 0.1) is 5.69 Å². The van der Waals surface area contributed by atoms with Gasteiger partial charge in [0, 0.05) is 6.07 Å². The lowest BCUT2D eigenvalue weighted by molar-refractivity contribution is 1.41. The van der Waals surface area contributed by atoms with E-state index in [0.29, 0.717) is 5.69 Å². The van der Waals surface area contributed by atoms with Gasteiger partial charge in [0.25, 0.3) is 0 Å². The van der Waals surface area contributed by atoms with Crippen LogP contribution in [0.3, 0.4) is 0 Å². The van der Waals surface area contributed by atoms with E-state index in [1.807, 2.05) is 19.1 Å². The molecule has 1 rings (SSSR count). The second-order valence-electron chi connectivity index (χ2n) is 1.78. The van der Waals surface area contributed by atoms with Crippen molar-refractivity contribution in [1.29, 1.82) is 0 Å². The Balaban J connectivity index is 3.03. The van der Waals surface area contributed by atoms with Crippen LogP contribution in [0.25, 0.3) is 0 Å². The number of benzene rings is 1. The summed E-state index contributed by atoms with van der Waals surface area (Å²) in [5.41, 5.74) is 8.64. The molecule has 0 spiro atoms. The first-order chi connectivity index (χ1) is 3.79. The van der Waals surface area contributed by atoms with Crippen LogP contribution in [0, 0.1) is 13.0 Å². The van der Waals surface area contributed by atoms with Crippen molar-refractivity contribution in [2.45, 2.75) is 6.92 Å². The van der Waals surface area contributed by atoms with Crippen LogP contribution in [-0.4, -0.2) is 0 Å². The van der Waals surface area contributed by atoms with Gasteiger partial charge in [0.2, 0.25) is 0 Å². The van der Waals surface area contributed by atoms with Crippen LogP contribution in [0.2, 0.25) is 0 Å². The second kappa shape index (κ2) is 1.86. The molecule has 2 radical (unpaired) electrons. The largest absolute Gasteiger partial charge is 0.300 e. The predicted molar refractivity (Wildman–Crippen MR) is 32.8 cm³/mol. The molecule has 0 bridgehead atoms. The Labute approximate surface area is 49.1 Å². The molecule has 1 heteroatoms. The van der Waals surface area contributed by atoms with Crippen LogP contribution in [0.5, 0.6) is 0 Å². The molecule has 1 nitrogen and oxygen atoms in total. The normalized spacial score (nSPS) is 9.12. The number of nitrogens with one attached hydrogen (secondary N) is 1. The fraction of sp³-hybridized carbons (Fsp3) is 0.143. The van der Waals surface area contributed by atoms with Crippen molar-refractivity contribution in [3.05, 3.63) is 29.8 Å². The topological polar surface area (TPSA) is 23.8 Å². The first-order valence-corrected chi connectivity index (χ1v) is 2.49. The zero-order valence-electron chi connectivity index (χ0n) is 4.73. The molecule has 8 heavy (non-hydrogen) atoms. The minimum absolute atomic E-state index is 0.454. The molecule has 0 heterocycles. The molecule has 0 fully saturated rings. The van der Waals surface area contributed by atoms with Crippen molar-refractivity contribution in [2.24, 2.45) is 0 Å². The molecule has 0 amide bonds. The van der Waals surface area contributed by atoms with Gasteiger partial charge in [0.15, 0.2) is 0 Å². The van der Waals surface area contributed by atoms with E-state index in [4.69, 9.17) is 5.73 Å². The molecule has 0 aliphatic heterocycles. The molecule has 0 saturated heterocycles. The standard InChI is InChI=1S/C7H7N/c1-6-2-4-7(8)5-3-6/h2-4,8H,1H3. The van der Waals surface area contributed by atoms with Crippen molar-refractivity contribution in [3.63, 3.8) is 0 Å². The van der Waals surface area contributed by atoms with E-state index in [1.165, 1.54) is 0 Å². The zero-order valence-corrected chi connectivity index (χ0v) is 4.73. The summed E-state index contributed by atoms with van der Waals surface area (Å²) in [6.07, 6.45) is 0. The third-order valence-corrected chi connectivity index (χ3v) is 0.968. The van der Waals surface area contributed by atoms with Crippen LogP contribution in [0.1, 0.15) is 5.56 Å². The maximum absolute atomic E-state index is 7.04. The van der Waals surface area contributed by atoms with Crippen molar-refractivity contribution in [3.8, 4) is 0 Å². The maximum atomic E-state index is 7.04. The smallest absolute Gasteiger partial charge is 0.0619 e. The van der Waals surface area contributed by atoms with Crippen LogP contribution in [-0.2, 0) is 0 Å². The SMILES string of the molecule is Cc1c[c]c([NH])cc1. The van der Waals surface area contributed by atoms with Gasteiger partial charge >= 0.3 is 0 Å². The zero-order chi connectivity index (χ0) is 5.98. The molecule has 0 saturated carbocycles. The molecule has 0 aromatic heterocycles.